The molecule has 2 amide bonds. The molecule has 0 radical (unpaired) electrons. The monoisotopic (exact) mass is 337 g/mol. The average molecular weight is 337 g/mol. The fraction of sp³-hybridized carbons (Fsp3) is 0.889. The highest BCUT2D eigenvalue weighted by atomic mass is 16.6. The minimum atomic E-state index is -0.176. The summed E-state index contributed by atoms with van der Waals surface area (Å²) in [7, 11) is 0. The van der Waals surface area contributed by atoms with Gasteiger partial charge in [-0.1, -0.05) is 0 Å². The van der Waals surface area contributed by atoms with Gasteiger partial charge in [-0.15, -0.1) is 0 Å². The van der Waals surface area contributed by atoms with E-state index >= 15 is 0 Å². The molecule has 2 heterocycles. The first-order valence-corrected chi connectivity index (χ1v) is 9.55. The molecule has 1 saturated carbocycles. The van der Waals surface area contributed by atoms with Crippen LogP contribution in [0.25, 0.3) is 0 Å². The molecule has 3 rings (SSSR count). The molecule has 6 nitrogen and oxygen atoms in total. The van der Waals surface area contributed by atoms with E-state index in [4.69, 9.17) is 4.74 Å². The zero-order chi connectivity index (χ0) is 17.3. The van der Waals surface area contributed by atoms with Gasteiger partial charge in [-0.2, -0.15) is 0 Å². The Morgan fingerprint density at radius 3 is 2.12 bits per heavy atom. The number of rotatable bonds is 5. The van der Waals surface area contributed by atoms with Crippen LogP contribution in [0.2, 0.25) is 0 Å². The van der Waals surface area contributed by atoms with Crippen LogP contribution in [0, 0.1) is 17.8 Å². The Hall–Kier alpha value is -1.30. The smallest absolute Gasteiger partial charge is 0.409 e. The summed E-state index contributed by atoms with van der Waals surface area (Å²) in [5, 5.41) is 0. The summed E-state index contributed by atoms with van der Waals surface area (Å²) in [5.74, 6) is 1.79. The first-order chi connectivity index (χ1) is 11.6. The maximum atomic E-state index is 12.5. The summed E-state index contributed by atoms with van der Waals surface area (Å²) < 4.78 is 5.08. The molecule has 6 heteroatoms. The number of piperidine rings is 2. The second kappa shape index (κ2) is 7.30. The van der Waals surface area contributed by atoms with Crippen LogP contribution in [-0.4, -0.2) is 78.6 Å². The molecule has 136 valence electrons. The van der Waals surface area contributed by atoms with E-state index in [1.54, 1.807) is 0 Å². The van der Waals surface area contributed by atoms with Gasteiger partial charge in [0, 0.05) is 51.2 Å². The lowest BCUT2D eigenvalue weighted by Gasteiger charge is -2.37. The molecule has 0 bridgehead atoms. The van der Waals surface area contributed by atoms with Crippen molar-refractivity contribution < 1.29 is 14.3 Å². The van der Waals surface area contributed by atoms with Crippen molar-refractivity contribution in [3.05, 3.63) is 0 Å². The van der Waals surface area contributed by atoms with Crippen molar-refractivity contribution in [1.82, 2.24) is 14.7 Å². The number of ether oxygens (including phenoxy) is 1. The predicted octanol–water partition coefficient (Wildman–Crippen LogP) is 1.65. The molecule has 1 unspecified atom stereocenters. The molecule has 3 atom stereocenters. The average Bonchev–Trinajstić information content (AvgIpc) is 3.10. The standard InChI is InChI=1S/C18H31N3O3/c1-4-19(5-2)17(22)16-14-11-21(12-15(14)16)13-7-9-20(10-8-13)18(23)24-6-3/h13-16H,4-12H2,1-3H3/t14-,15+,16?. The van der Waals surface area contributed by atoms with Crippen molar-refractivity contribution in [1.29, 1.82) is 0 Å². The van der Waals surface area contributed by atoms with Crippen molar-refractivity contribution in [2.75, 3.05) is 45.9 Å². The van der Waals surface area contributed by atoms with E-state index < -0.39 is 0 Å². The lowest BCUT2D eigenvalue weighted by Crippen LogP contribution is -2.47. The maximum Gasteiger partial charge on any atom is 0.409 e. The quantitative estimate of drug-likeness (QED) is 0.765. The van der Waals surface area contributed by atoms with E-state index in [9.17, 15) is 9.59 Å². The molecule has 2 saturated heterocycles. The summed E-state index contributed by atoms with van der Waals surface area (Å²) in [6.45, 7) is 11.7. The molecule has 0 aromatic carbocycles. The molecule has 1 aliphatic carbocycles. The SMILES string of the molecule is CCOC(=O)N1CCC(N2C[C@@H]3C(C(=O)N(CC)CC)[C@@H]3C2)CC1. The fourth-order valence-electron chi connectivity index (χ4n) is 4.60. The van der Waals surface area contributed by atoms with Crippen LogP contribution in [0.1, 0.15) is 33.6 Å². The Morgan fingerprint density at radius 2 is 1.62 bits per heavy atom. The Balaban J connectivity index is 1.44. The second-order valence-electron chi connectivity index (χ2n) is 7.24. The highest BCUT2D eigenvalue weighted by Gasteiger charge is 2.60. The van der Waals surface area contributed by atoms with E-state index in [-0.39, 0.29) is 12.0 Å². The zero-order valence-electron chi connectivity index (χ0n) is 15.2. The molecule has 0 aromatic rings. The van der Waals surface area contributed by atoms with Crippen molar-refractivity contribution in [2.45, 2.75) is 39.7 Å². The largest absolute Gasteiger partial charge is 0.450 e. The number of amides is 2. The molecule has 2 aliphatic heterocycles. The first-order valence-electron chi connectivity index (χ1n) is 9.55. The molecule has 24 heavy (non-hydrogen) atoms. The third-order valence-electron chi connectivity index (χ3n) is 6.09. The third-order valence-corrected chi connectivity index (χ3v) is 6.09. The molecule has 3 fully saturated rings. The summed E-state index contributed by atoms with van der Waals surface area (Å²) in [5.41, 5.74) is 0. The van der Waals surface area contributed by atoms with Gasteiger partial charge >= 0.3 is 6.09 Å². The molecule has 0 spiro atoms. The first kappa shape index (κ1) is 17.5. The van der Waals surface area contributed by atoms with E-state index in [2.05, 4.69) is 18.7 Å². The van der Waals surface area contributed by atoms with Gasteiger partial charge in [0.15, 0.2) is 0 Å². The van der Waals surface area contributed by atoms with Gasteiger partial charge in [-0.25, -0.2) is 4.79 Å². The normalized spacial score (nSPS) is 30.1. The topological polar surface area (TPSA) is 53.1 Å². The van der Waals surface area contributed by atoms with Crippen molar-refractivity contribution in [3.8, 4) is 0 Å². The molecule has 0 aromatic heterocycles. The van der Waals surface area contributed by atoms with E-state index in [1.807, 2.05) is 16.7 Å². The van der Waals surface area contributed by atoms with E-state index in [0.29, 0.717) is 30.4 Å². The summed E-state index contributed by atoms with van der Waals surface area (Å²) >= 11 is 0. The highest BCUT2D eigenvalue weighted by molar-refractivity contribution is 5.82. The highest BCUT2D eigenvalue weighted by Crippen LogP contribution is 2.53. The van der Waals surface area contributed by atoms with Gasteiger partial charge in [-0.05, 0) is 45.4 Å². The molecule has 3 aliphatic rings. The molecular formula is C18H31N3O3. The molecule has 0 N–H and O–H groups in total. The Kier molecular flexibility index (Phi) is 5.33. The van der Waals surface area contributed by atoms with Gasteiger partial charge in [0.05, 0.1) is 6.61 Å². The van der Waals surface area contributed by atoms with Crippen LogP contribution in [0.15, 0.2) is 0 Å². The van der Waals surface area contributed by atoms with Gasteiger partial charge < -0.3 is 14.5 Å². The van der Waals surface area contributed by atoms with Gasteiger partial charge in [-0.3, -0.25) is 9.69 Å². The lowest BCUT2D eigenvalue weighted by molar-refractivity contribution is -0.133. The number of hydrogen-bond donors (Lipinski definition) is 0. The number of carbonyl (C=O) groups is 2. The number of fused-ring (bicyclic) bond motifs is 1. The van der Waals surface area contributed by atoms with Gasteiger partial charge in [0.2, 0.25) is 5.91 Å². The zero-order valence-corrected chi connectivity index (χ0v) is 15.2. The van der Waals surface area contributed by atoms with Gasteiger partial charge in [0.25, 0.3) is 0 Å². The summed E-state index contributed by atoms with van der Waals surface area (Å²) in [4.78, 5) is 30.6. The fourth-order valence-corrected chi connectivity index (χ4v) is 4.60. The maximum absolute atomic E-state index is 12.5. The van der Waals surface area contributed by atoms with Crippen LogP contribution in [-0.2, 0) is 9.53 Å². The minimum absolute atomic E-state index is 0.176. The van der Waals surface area contributed by atoms with E-state index in [0.717, 1.165) is 52.1 Å². The minimum Gasteiger partial charge on any atom is -0.450 e. The van der Waals surface area contributed by atoms with Crippen LogP contribution in [0.5, 0.6) is 0 Å². The number of nitrogens with zero attached hydrogens (tertiary/aromatic N) is 3. The van der Waals surface area contributed by atoms with Crippen LogP contribution < -0.4 is 0 Å². The van der Waals surface area contributed by atoms with E-state index in [1.165, 1.54) is 0 Å². The third kappa shape index (κ3) is 3.25. The number of hydrogen-bond acceptors (Lipinski definition) is 4. The van der Waals surface area contributed by atoms with Crippen molar-refractivity contribution in [3.63, 3.8) is 0 Å². The van der Waals surface area contributed by atoms with Crippen LogP contribution in [0.4, 0.5) is 4.79 Å². The van der Waals surface area contributed by atoms with Crippen molar-refractivity contribution >= 4 is 12.0 Å². The summed E-state index contributed by atoms with van der Waals surface area (Å²) in [6, 6.07) is 0.563. The Bertz CT molecular complexity index is 460. The van der Waals surface area contributed by atoms with Crippen LogP contribution in [0.3, 0.4) is 0 Å². The van der Waals surface area contributed by atoms with Gasteiger partial charge in [0.1, 0.15) is 0 Å². The predicted molar refractivity (Wildman–Crippen MR) is 91.6 cm³/mol. The Morgan fingerprint density at radius 1 is 1.04 bits per heavy atom. The lowest BCUT2D eigenvalue weighted by atomic mass is 10.0. The number of likely N-dealkylation sites (tertiary alicyclic amines) is 2. The molecular weight excluding hydrogens is 306 g/mol. The van der Waals surface area contributed by atoms with Crippen molar-refractivity contribution in [2.24, 2.45) is 17.8 Å². The Labute approximate surface area is 145 Å². The summed E-state index contributed by atoms with van der Waals surface area (Å²) in [6.07, 6.45) is 1.87. The van der Waals surface area contributed by atoms with Crippen LogP contribution >= 0.6 is 0 Å². The number of carbonyl (C=O) groups excluding carboxylic acids is 2. The second-order valence-corrected chi connectivity index (χ2v) is 7.24.